The Morgan fingerprint density at radius 3 is 2.03 bits per heavy atom. The van der Waals surface area contributed by atoms with E-state index in [9.17, 15) is 0 Å². The van der Waals surface area contributed by atoms with Gasteiger partial charge in [-0.1, -0.05) is 159 Å². The molecule has 0 amide bonds. The van der Waals surface area contributed by atoms with Crippen LogP contribution in [-0.4, -0.2) is 19.5 Å². The van der Waals surface area contributed by atoms with Crippen LogP contribution < -0.4 is 0 Å². The van der Waals surface area contributed by atoms with Crippen molar-refractivity contribution in [2.24, 2.45) is 5.41 Å². The van der Waals surface area contributed by atoms with E-state index < -0.39 is 0 Å². The first-order valence-corrected chi connectivity index (χ1v) is 20.9. The topological polar surface area (TPSA) is 56.7 Å². The standard InChI is InChI=1S/C56H36N4O/c1-56-27-12-11-20-46(56)44-30-38(23-22-34(44)26-28-56)54-57-53(35-13-3-2-4-14-35)58-55(59-54)39-24-25-43-50(32-39)61-51-33-49(40-17-7-8-19-42(40)52(43)51)60-47-21-10-9-18-41(47)45-29-36-15-5-6-16-37(36)31-48(45)60/h2-33,46H,1H3. The minimum Gasteiger partial charge on any atom is -0.456 e. The quantitative estimate of drug-likeness (QED) is 0.178. The molecule has 2 unspecified atom stereocenters. The Morgan fingerprint density at radius 2 is 1.20 bits per heavy atom. The first-order chi connectivity index (χ1) is 30.1. The first kappa shape index (κ1) is 34.0. The largest absolute Gasteiger partial charge is 0.456 e. The zero-order valence-corrected chi connectivity index (χ0v) is 33.2. The lowest BCUT2D eigenvalue weighted by Gasteiger charge is -2.37. The second-order valence-electron chi connectivity index (χ2n) is 16.6. The van der Waals surface area contributed by atoms with Crippen molar-refractivity contribution in [1.29, 1.82) is 0 Å². The predicted octanol–water partition coefficient (Wildman–Crippen LogP) is 14.4. The molecule has 5 nitrogen and oxygen atoms in total. The minimum atomic E-state index is -0.0771. The maximum absolute atomic E-state index is 6.90. The van der Waals surface area contributed by atoms with Crippen LogP contribution in [0.15, 0.2) is 193 Å². The van der Waals surface area contributed by atoms with E-state index in [0.29, 0.717) is 17.5 Å². The van der Waals surface area contributed by atoms with Crippen LogP contribution in [0, 0.1) is 5.41 Å². The van der Waals surface area contributed by atoms with Gasteiger partial charge in [-0.3, -0.25) is 0 Å². The Hall–Kier alpha value is -7.89. The van der Waals surface area contributed by atoms with E-state index in [2.05, 4.69) is 187 Å². The molecule has 2 atom stereocenters. The molecule has 0 spiro atoms. The Labute approximate surface area is 351 Å². The molecule has 0 fully saturated rings. The van der Waals surface area contributed by atoms with Crippen molar-refractivity contribution < 1.29 is 4.42 Å². The number of nitrogens with zero attached hydrogens (tertiary/aromatic N) is 4. The van der Waals surface area contributed by atoms with Gasteiger partial charge in [-0.2, -0.15) is 0 Å². The van der Waals surface area contributed by atoms with Crippen LogP contribution in [0.4, 0.5) is 0 Å². The maximum Gasteiger partial charge on any atom is 0.164 e. The molecule has 11 aromatic rings. The van der Waals surface area contributed by atoms with E-state index in [0.717, 1.165) is 60.6 Å². The van der Waals surface area contributed by atoms with Crippen molar-refractivity contribution in [3.63, 3.8) is 0 Å². The lowest BCUT2D eigenvalue weighted by atomic mass is 9.67. The van der Waals surface area contributed by atoms with Gasteiger partial charge in [0, 0.05) is 61.0 Å². The summed E-state index contributed by atoms with van der Waals surface area (Å²) in [6.07, 6.45) is 13.5. The summed E-state index contributed by atoms with van der Waals surface area (Å²) in [6.45, 7) is 2.29. The monoisotopic (exact) mass is 780 g/mol. The molecular weight excluding hydrogens is 745 g/mol. The van der Waals surface area contributed by atoms with Crippen molar-refractivity contribution in [3.8, 4) is 39.9 Å². The minimum absolute atomic E-state index is 0.0771. The molecule has 0 aliphatic heterocycles. The number of benzene rings is 8. The molecule has 2 aliphatic carbocycles. The number of rotatable bonds is 4. The van der Waals surface area contributed by atoms with E-state index in [1.54, 1.807) is 0 Å². The molecule has 0 radical (unpaired) electrons. The number of aromatic nitrogens is 4. The third-order valence-electron chi connectivity index (χ3n) is 13.0. The summed E-state index contributed by atoms with van der Waals surface area (Å²) in [5.74, 6) is 2.09. The average Bonchev–Trinajstić information content (AvgIpc) is 3.85. The van der Waals surface area contributed by atoms with Crippen LogP contribution in [0.2, 0.25) is 0 Å². The normalized spacial score (nSPS) is 17.0. The van der Waals surface area contributed by atoms with Crippen LogP contribution in [0.1, 0.15) is 24.0 Å². The maximum atomic E-state index is 6.90. The van der Waals surface area contributed by atoms with Gasteiger partial charge in [0.2, 0.25) is 0 Å². The van der Waals surface area contributed by atoms with E-state index in [1.165, 1.54) is 38.2 Å². The van der Waals surface area contributed by atoms with E-state index in [4.69, 9.17) is 19.4 Å². The molecule has 0 bridgehead atoms. The molecule has 5 heteroatoms. The summed E-state index contributed by atoms with van der Waals surface area (Å²) in [7, 11) is 0. The van der Waals surface area contributed by atoms with E-state index in [-0.39, 0.29) is 11.3 Å². The van der Waals surface area contributed by atoms with E-state index in [1.807, 2.05) is 18.2 Å². The molecule has 0 saturated carbocycles. The number of allylic oxidation sites excluding steroid dienone is 5. The SMILES string of the molecule is CC12C=CC=CC1c1cc(-c3nc(-c4ccccc4)nc(-c4ccc5c(c4)oc4cc(-n6c7ccccc7c7cc8ccccc8cc76)c6ccccc6c45)n3)ccc1C=C2. The average molecular weight is 781 g/mol. The number of fused-ring (bicyclic) bond motifs is 12. The number of hydrogen-bond acceptors (Lipinski definition) is 4. The molecule has 61 heavy (non-hydrogen) atoms. The van der Waals surface area contributed by atoms with Crippen LogP contribution in [-0.2, 0) is 0 Å². The number of para-hydroxylation sites is 1. The van der Waals surface area contributed by atoms with Gasteiger partial charge in [-0.05, 0) is 63.7 Å². The molecule has 0 saturated heterocycles. The highest BCUT2D eigenvalue weighted by molar-refractivity contribution is 6.22. The van der Waals surface area contributed by atoms with Gasteiger partial charge in [0.1, 0.15) is 11.2 Å². The third kappa shape index (κ3) is 5.17. The molecule has 3 heterocycles. The highest BCUT2D eigenvalue weighted by atomic mass is 16.3. The highest BCUT2D eigenvalue weighted by Crippen LogP contribution is 2.48. The second kappa shape index (κ2) is 12.8. The Morgan fingerprint density at radius 1 is 0.508 bits per heavy atom. The molecular formula is C56H36N4O. The summed E-state index contributed by atoms with van der Waals surface area (Å²) in [6, 6.07) is 56.0. The highest BCUT2D eigenvalue weighted by Gasteiger charge is 2.34. The van der Waals surface area contributed by atoms with Gasteiger partial charge < -0.3 is 8.98 Å². The molecule has 2 aliphatic rings. The summed E-state index contributed by atoms with van der Waals surface area (Å²) < 4.78 is 9.32. The fraction of sp³-hybridized carbons (Fsp3) is 0.0536. The van der Waals surface area contributed by atoms with Gasteiger partial charge in [-0.25, -0.2) is 15.0 Å². The summed E-state index contributed by atoms with van der Waals surface area (Å²) in [5.41, 5.74) is 10.2. The fourth-order valence-corrected chi connectivity index (χ4v) is 9.96. The van der Waals surface area contributed by atoms with Crippen molar-refractivity contribution in [1.82, 2.24) is 19.5 Å². The summed E-state index contributed by atoms with van der Waals surface area (Å²) in [4.78, 5) is 15.4. The van der Waals surface area contributed by atoms with Crippen LogP contribution in [0.3, 0.4) is 0 Å². The van der Waals surface area contributed by atoms with Crippen molar-refractivity contribution in [2.75, 3.05) is 0 Å². The van der Waals surface area contributed by atoms with Crippen molar-refractivity contribution >= 4 is 71.4 Å². The predicted molar refractivity (Wildman–Crippen MR) is 251 cm³/mol. The Bertz CT molecular complexity index is 3740. The van der Waals surface area contributed by atoms with Crippen LogP contribution in [0.25, 0.3) is 111 Å². The van der Waals surface area contributed by atoms with Crippen LogP contribution >= 0.6 is 0 Å². The lowest BCUT2D eigenvalue weighted by molar-refractivity contribution is 0.480. The molecule has 13 rings (SSSR count). The van der Waals surface area contributed by atoms with Gasteiger partial charge in [0.05, 0.1) is 16.7 Å². The zero-order valence-electron chi connectivity index (χ0n) is 33.2. The van der Waals surface area contributed by atoms with Gasteiger partial charge in [0.15, 0.2) is 17.5 Å². The van der Waals surface area contributed by atoms with E-state index >= 15 is 0 Å². The molecule has 3 aromatic heterocycles. The number of furan rings is 1. The Balaban J connectivity index is 0.996. The second-order valence-corrected chi connectivity index (χ2v) is 16.6. The Kier molecular flexibility index (Phi) is 7.14. The molecule has 0 N–H and O–H groups in total. The first-order valence-electron chi connectivity index (χ1n) is 20.9. The third-order valence-corrected chi connectivity index (χ3v) is 13.0. The van der Waals surface area contributed by atoms with Gasteiger partial charge >= 0.3 is 0 Å². The summed E-state index contributed by atoms with van der Waals surface area (Å²) in [5, 5.41) is 9.34. The number of hydrogen-bond donors (Lipinski definition) is 0. The van der Waals surface area contributed by atoms with Crippen molar-refractivity contribution in [3.05, 3.63) is 199 Å². The van der Waals surface area contributed by atoms with Gasteiger partial charge in [0.25, 0.3) is 0 Å². The van der Waals surface area contributed by atoms with Crippen LogP contribution in [0.5, 0.6) is 0 Å². The smallest absolute Gasteiger partial charge is 0.164 e. The van der Waals surface area contributed by atoms with Gasteiger partial charge in [-0.15, -0.1) is 0 Å². The summed E-state index contributed by atoms with van der Waals surface area (Å²) >= 11 is 0. The lowest BCUT2D eigenvalue weighted by Crippen LogP contribution is -2.24. The molecule has 8 aromatic carbocycles. The van der Waals surface area contributed by atoms with Crippen molar-refractivity contribution in [2.45, 2.75) is 12.8 Å². The zero-order chi connectivity index (χ0) is 40.2. The molecule has 286 valence electrons. The fourth-order valence-electron chi connectivity index (χ4n) is 9.96.